The number of hydrogen-bond acceptors (Lipinski definition) is 3. The van der Waals surface area contributed by atoms with Gasteiger partial charge in [-0.05, 0) is 24.7 Å². The normalized spacial score (nSPS) is 19.5. The largest absolute Gasteiger partial charge is 0.370 e. The average Bonchev–Trinajstić information content (AvgIpc) is 2.42. The molecule has 1 N–H and O–H groups in total. The Labute approximate surface area is 122 Å². The lowest BCUT2D eigenvalue weighted by Gasteiger charge is -2.33. The second kappa shape index (κ2) is 6.57. The van der Waals surface area contributed by atoms with Gasteiger partial charge in [-0.15, -0.1) is 0 Å². The highest BCUT2D eigenvalue weighted by molar-refractivity contribution is 6.42. The van der Waals surface area contributed by atoms with Crippen LogP contribution in [0.15, 0.2) is 18.2 Å². The molecule has 1 fully saturated rings. The zero-order valence-corrected chi connectivity index (χ0v) is 12.2. The molecule has 1 amide bonds. The van der Waals surface area contributed by atoms with Gasteiger partial charge in [0.25, 0.3) is 0 Å². The topological polar surface area (TPSA) is 41.6 Å². The lowest BCUT2D eigenvalue weighted by Crippen LogP contribution is -2.45. The highest BCUT2D eigenvalue weighted by Gasteiger charge is 2.25. The highest BCUT2D eigenvalue weighted by atomic mass is 35.5. The van der Waals surface area contributed by atoms with E-state index in [2.05, 4.69) is 5.32 Å². The molecule has 0 spiro atoms. The van der Waals surface area contributed by atoms with Crippen LogP contribution in [0.25, 0.3) is 0 Å². The number of nitrogens with zero attached hydrogens (tertiary/aromatic N) is 1. The number of nitrogens with one attached hydrogen (secondary N) is 1. The molecule has 104 valence electrons. The minimum absolute atomic E-state index is 0.0795. The molecule has 19 heavy (non-hydrogen) atoms. The highest BCUT2D eigenvalue weighted by Crippen LogP contribution is 2.28. The van der Waals surface area contributed by atoms with Gasteiger partial charge < -0.3 is 15.0 Å². The first-order valence-corrected chi connectivity index (χ1v) is 6.86. The van der Waals surface area contributed by atoms with Gasteiger partial charge >= 0.3 is 0 Å². The minimum Gasteiger partial charge on any atom is -0.370 e. The first-order chi connectivity index (χ1) is 9.11. The maximum atomic E-state index is 11.9. The van der Waals surface area contributed by atoms with Crippen LogP contribution in [0.2, 0.25) is 10.0 Å². The summed E-state index contributed by atoms with van der Waals surface area (Å²) in [7, 11) is 1.76. The van der Waals surface area contributed by atoms with Crippen LogP contribution < -0.4 is 5.32 Å². The summed E-state index contributed by atoms with van der Waals surface area (Å²) in [6.07, 6.45) is -0.149. The molecule has 0 aromatic heterocycles. The van der Waals surface area contributed by atoms with Crippen molar-refractivity contribution in [2.24, 2.45) is 0 Å². The molecule has 0 radical (unpaired) electrons. The molecule has 0 bridgehead atoms. The quantitative estimate of drug-likeness (QED) is 0.930. The maximum Gasteiger partial charge on any atom is 0.236 e. The molecule has 4 nitrogen and oxygen atoms in total. The number of halogens is 2. The fourth-order valence-corrected chi connectivity index (χ4v) is 2.36. The standard InChI is InChI=1S/C13H16Cl2N2O2/c1-16-7-13(18)17-4-5-19-12(8-17)9-2-3-10(14)11(15)6-9/h2-3,6,12,16H,4-5,7-8H2,1H3/t12-/m1/s1. The summed E-state index contributed by atoms with van der Waals surface area (Å²) in [6, 6.07) is 5.42. The van der Waals surface area contributed by atoms with E-state index >= 15 is 0 Å². The first-order valence-electron chi connectivity index (χ1n) is 6.10. The molecule has 1 aliphatic rings. The number of rotatable bonds is 3. The number of amides is 1. The zero-order valence-electron chi connectivity index (χ0n) is 10.7. The van der Waals surface area contributed by atoms with Crippen molar-refractivity contribution in [1.82, 2.24) is 10.2 Å². The summed E-state index contributed by atoms with van der Waals surface area (Å²) in [5, 5.41) is 3.88. The molecule has 1 aliphatic heterocycles. The molecule has 1 aromatic rings. The van der Waals surface area contributed by atoms with Gasteiger partial charge in [0.15, 0.2) is 0 Å². The average molecular weight is 303 g/mol. The molecule has 6 heteroatoms. The van der Waals surface area contributed by atoms with Crippen molar-refractivity contribution < 1.29 is 9.53 Å². The minimum atomic E-state index is -0.149. The monoisotopic (exact) mass is 302 g/mol. The van der Waals surface area contributed by atoms with Crippen molar-refractivity contribution in [1.29, 1.82) is 0 Å². The van der Waals surface area contributed by atoms with Gasteiger partial charge in [-0.3, -0.25) is 4.79 Å². The molecule has 1 saturated heterocycles. The molecule has 1 atom stereocenters. The molecule has 0 saturated carbocycles. The van der Waals surface area contributed by atoms with E-state index < -0.39 is 0 Å². The van der Waals surface area contributed by atoms with Crippen LogP contribution >= 0.6 is 23.2 Å². The molecular formula is C13H16Cl2N2O2. The van der Waals surface area contributed by atoms with E-state index in [0.29, 0.717) is 36.3 Å². The van der Waals surface area contributed by atoms with E-state index in [-0.39, 0.29) is 12.0 Å². The molecule has 0 aliphatic carbocycles. The smallest absolute Gasteiger partial charge is 0.236 e. The third-order valence-corrected chi connectivity index (χ3v) is 3.80. The Morgan fingerprint density at radius 1 is 1.47 bits per heavy atom. The second-order valence-corrected chi connectivity index (χ2v) is 5.22. The lowest BCUT2D eigenvalue weighted by molar-refractivity contribution is -0.137. The lowest BCUT2D eigenvalue weighted by atomic mass is 10.1. The van der Waals surface area contributed by atoms with Gasteiger partial charge in [-0.25, -0.2) is 0 Å². The van der Waals surface area contributed by atoms with Gasteiger partial charge in [0, 0.05) is 6.54 Å². The van der Waals surface area contributed by atoms with Gasteiger partial charge in [0.05, 0.1) is 29.7 Å². The third-order valence-electron chi connectivity index (χ3n) is 3.06. The number of hydrogen-bond donors (Lipinski definition) is 1. The van der Waals surface area contributed by atoms with Crippen LogP contribution in [0.4, 0.5) is 0 Å². The van der Waals surface area contributed by atoms with E-state index in [4.69, 9.17) is 27.9 Å². The van der Waals surface area contributed by atoms with E-state index in [1.165, 1.54) is 0 Å². The summed E-state index contributed by atoms with van der Waals surface area (Å²) < 4.78 is 5.70. The fraction of sp³-hybridized carbons (Fsp3) is 0.462. The van der Waals surface area contributed by atoms with Crippen LogP contribution in [0.1, 0.15) is 11.7 Å². The van der Waals surface area contributed by atoms with Crippen molar-refractivity contribution in [2.45, 2.75) is 6.10 Å². The Hall–Kier alpha value is -0.810. The predicted molar refractivity (Wildman–Crippen MR) is 75.7 cm³/mol. The Morgan fingerprint density at radius 3 is 2.95 bits per heavy atom. The van der Waals surface area contributed by atoms with Gasteiger partial charge in [0.1, 0.15) is 6.10 Å². The van der Waals surface area contributed by atoms with Crippen LogP contribution in [0.5, 0.6) is 0 Å². The van der Waals surface area contributed by atoms with E-state index in [1.807, 2.05) is 6.07 Å². The second-order valence-electron chi connectivity index (χ2n) is 4.40. The summed E-state index contributed by atoms with van der Waals surface area (Å²) in [6.45, 7) is 2.03. The van der Waals surface area contributed by atoms with Crippen LogP contribution in [-0.4, -0.2) is 44.1 Å². The van der Waals surface area contributed by atoms with E-state index in [0.717, 1.165) is 5.56 Å². The summed E-state index contributed by atoms with van der Waals surface area (Å²) >= 11 is 11.9. The number of benzene rings is 1. The van der Waals surface area contributed by atoms with Crippen LogP contribution in [-0.2, 0) is 9.53 Å². The summed E-state index contributed by atoms with van der Waals surface area (Å²) in [5.41, 5.74) is 0.941. The van der Waals surface area contributed by atoms with Crippen molar-refractivity contribution in [2.75, 3.05) is 33.3 Å². The van der Waals surface area contributed by atoms with E-state index in [9.17, 15) is 4.79 Å². The number of carbonyl (C=O) groups is 1. The Kier molecular flexibility index (Phi) is 5.05. The molecular weight excluding hydrogens is 287 g/mol. The third kappa shape index (κ3) is 3.60. The maximum absolute atomic E-state index is 11.9. The van der Waals surface area contributed by atoms with Crippen molar-refractivity contribution >= 4 is 29.1 Å². The Morgan fingerprint density at radius 2 is 2.26 bits per heavy atom. The number of ether oxygens (including phenoxy) is 1. The van der Waals surface area contributed by atoms with Gasteiger partial charge in [-0.2, -0.15) is 0 Å². The van der Waals surface area contributed by atoms with Crippen LogP contribution in [0.3, 0.4) is 0 Å². The fourth-order valence-electron chi connectivity index (χ4n) is 2.05. The summed E-state index contributed by atoms with van der Waals surface area (Å²) in [5.74, 6) is 0.0795. The van der Waals surface area contributed by atoms with Crippen molar-refractivity contribution in [3.63, 3.8) is 0 Å². The molecule has 1 aromatic carbocycles. The SMILES string of the molecule is CNCC(=O)N1CCO[C@@H](c2ccc(Cl)c(Cl)c2)C1. The molecule has 0 unspecified atom stereocenters. The number of carbonyl (C=O) groups excluding carboxylic acids is 1. The summed E-state index contributed by atoms with van der Waals surface area (Å²) in [4.78, 5) is 13.7. The first kappa shape index (κ1) is 14.6. The zero-order chi connectivity index (χ0) is 13.8. The number of likely N-dealkylation sites (N-methyl/N-ethyl adjacent to an activating group) is 1. The van der Waals surface area contributed by atoms with Gasteiger partial charge in [-0.1, -0.05) is 29.3 Å². The predicted octanol–water partition coefficient (Wildman–Crippen LogP) is 2.11. The molecule has 2 rings (SSSR count). The van der Waals surface area contributed by atoms with Crippen molar-refractivity contribution in [3.05, 3.63) is 33.8 Å². The Balaban J connectivity index is 2.08. The van der Waals surface area contributed by atoms with E-state index in [1.54, 1.807) is 24.1 Å². The van der Waals surface area contributed by atoms with Crippen LogP contribution in [0, 0.1) is 0 Å². The van der Waals surface area contributed by atoms with Crippen molar-refractivity contribution in [3.8, 4) is 0 Å². The van der Waals surface area contributed by atoms with Gasteiger partial charge in [0.2, 0.25) is 5.91 Å². The Bertz CT molecular complexity index is 468. The molecule has 1 heterocycles. The number of morpholine rings is 1.